The topological polar surface area (TPSA) is 111 Å². The van der Waals surface area contributed by atoms with Gasteiger partial charge in [-0.3, -0.25) is 14.2 Å². The Balaban J connectivity index is 4.21. The second-order valence-electron chi connectivity index (χ2n) is 19.6. The molecular formula is C61H104NO8P. The molecular weight excluding hydrogens is 906 g/mol. The van der Waals surface area contributed by atoms with Crippen LogP contribution in [0.25, 0.3) is 0 Å². The Kier molecular flexibility index (Phi) is 49.1. The predicted molar refractivity (Wildman–Crippen MR) is 300 cm³/mol. The van der Waals surface area contributed by atoms with Gasteiger partial charge in [0.15, 0.2) is 6.10 Å². The van der Waals surface area contributed by atoms with Crippen molar-refractivity contribution in [2.75, 3.05) is 47.5 Å². The molecule has 0 spiro atoms. The molecule has 406 valence electrons. The summed E-state index contributed by atoms with van der Waals surface area (Å²) in [6, 6.07) is 0. The van der Waals surface area contributed by atoms with Gasteiger partial charge in [0, 0.05) is 12.8 Å². The maximum Gasteiger partial charge on any atom is 0.306 e. The first kappa shape index (κ1) is 67.7. The number of quaternary nitrogens is 1. The van der Waals surface area contributed by atoms with Crippen molar-refractivity contribution in [1.82, 2.24) is 0 Å². The number of phosphoric acid groups is 1. The van der Waals surface area contributed by atoms with Crippen molar-refractivity contribution in [2.45, 2.75) is 219 Å². The minimum Gasteiger partial charge on any atom is -0.756 e. The highest BCUT2D eigenvalue weighted by Crippen LogP contribution is 2.38. The number of phosphoric ester groups is 1. The van der Waals surface area contributed by atoms with Crippen LogP contribution in [0.3, 0.4) is 0 Å². The maximum atomic E-state index is 12.8. The summed E-state index contributed by atoms with van der Waals surface area (Å²) in [5, 5.41) is 0. The number of carbonyl (C=O) groups excluding carboxylic acids is 2. The summed E-state index contributed by atoms with van der Waals surface area (Å²) in [5.74, 6) is -0.863. The predicted octanol–water partition coefficient (Wildman–Crippen LogP) is 16.8. The molecule has 71 heavy (non-hydrogen) atoms. The third-order valence-electron chi connectivity index (χ3n) is 11.5. The Morgan fingerprint density at radius 1 is 0.451 bits per heavy atom. The highest BCUT2D eigenvalue weighted by atomic mass is 31.2. The van der Waals surface area contributed by atoms with Gasteiger partial charge in [0.2, 0.25) is 0 Å². The van der Waals surface area contributed by atoms with Crippen LogP contribution in [0, 0.1) is 0 Å². The fraction of sp³-hybridized carbons (Fsp3) is 0.672. The fourth-order valence-corrected chi connectivity index (χ4v) is 7.92. The van der Waals surface area contributed by atoms with E-state index in [1.807, 2.05) is 21.1 Å². The van der Waals surface area contributed by atoms with Crippen LogP contribution in [0.4, 0.5) is 0 Å². The Hall–Kier alpha value is -3.33. The van der Waals surface area contributed by atoms with Crippen LogP contribution in [0.2, 0.25) is 0 Å². The van der Waals surface area contributed by atoms with E-state index in [9.17, 15) is 19.0 Å². The van der Waals surface area contributed by atoms with E-state index in [0.29, 0.717) is 23.9 Å². The quantitative estimate of drug-likeness (QED) is 0.0195. The van der Waals surface area contributed by atoms with Crippen LogP contribution in [-0.2, 0) is 32.7 Å². The molecule has 0 bridgehead atoms. The number of rotatable bonds is 50. The Morgan fingerprint density at radius 3 is 1.20 bits per heavy atom. The average molecular weight is 1010 g/mol. The molecule has 10 heteroatoms. The molecule has 0 aromatic rings. The van der Waals surface area contributed by atoms with Crippen molar-refractivity contribution in [3.8, 4) is 0 Å². The van der Waals surface area contributed by atoms with Crippen molar-refractivity contribution >= 4 is 19.8 Å². The molecule has 2 unspecified atom stereocenters. The Labute approximate surface area is 436 Å². The van der Waals surface area contributed by atoms with E-state index in [2.05, 4.69) is 123 Å². The van der Waals surface area contributed by atoms with Crippen LogP contribution >= 0.6 is 7.82 Å². The molecule has 0 aromatic carbocycles. The number of likely N-dealkylation sites (N-methyl/N-ethyl adjacent to an activating group) is 1. The summed E-state index contributed by atoms with van der Waals surface area (Å²) in [6.07, 6.45) is 71.2. The lowest BCUT2D eigenvalue weighted by Gasteiger charge is -2.28. The van der Waals surface area contributed by atoms with Gasteiger partial charge in [-0.05, 0) is 103 Å². The second-order valence-corrected chi connectivity index (χ2v) is 21.0. The lowest BCUT2D eigenvalue weighted by atomic mass is 10.1. The zero-order valence-corrected chi connectivity index (χ0v) is 46.8. The van der Waals surface area contributed by atoms with E-state index < -0.39 is 32.5 Å². The number of unbranched alkanes of at least 4 members (excludes halogenated alkanes) is 18. The third-order valence-corrected chi connectivity index (χ3v) is 12.5. The molecule has 9 nitrogen and oxygen atoms in total. The van der Waals surface area contributed by atoms with Crippen molar-refractivity contribution in [2.24, 2.45) is 0 Å². The number of esters is 2. The first-order valence-electron chi connectivity index (χ1n) is 28.1. The minimum atomic E-state index is -4.65. The summed E-state index contributed by atoms with van der Waals surface area (Å²) in [5.41, 5.74) is 0. The zero-order chi connectivity index (χ0) is 52.0. The minimum absolute atomic E-state index is 0.0399. The van der Waals surface area contributed by atoms with E-state index in [0.717, 1.165) is 109 Å². The van der Waals surface area contributed by atoms with Crippen LogP contribution in [0.15, 0.2) is 109 Å². The van der Waals surface area contributed by atoms with Crippen LogP contribution in [-0.4, -0.2) is 70.0 Å². The lowest BCUT2D eigenvalue weighted by molar-refractivity contribution is -0.870. The Bertz CT molecular complexity index is 1570. The first-order valence-corrected chi connectivity index (χ1v) is 29.6. The monoisotopic (exact) mass is 1010 g/mol. The molecule has 0 aliphatic rings. The van der Waals surface area contributed by atoms with E-state index in [-0.39, 0.29) is 26.1 Å². The summed E-state index contributed by atoms with van der Waals surface area (Å²) >= 11 is 0. The summed E-state index contributed by atoms with van der Waals surface area (Å²) in [7, 11) is 1.14. The van der Waals surface area contributed by atoms with Crippen LogP contribution in [0.1, 0.15) is 213 Å². The number of hydrogen-bond acceptors (Lipinski definition) is 8. The molecule has 0 fully saturated rings. The standard InChI is InChI=1S/C61H104NO8P/c1-6-8-10-12-14-16-18-20-22-24-25-26-27-28-29-30-31-32-33-34-35-36-37-38-40-42-44-46-48-50-52-54-61(64)70-59(58-69-71(65,66)68-56-55-62(3,4)5)57-67-60(63)53-51-49-47-45-43-41-39-23-21-19-17-15-13-11-9-7-2/h8,10,14,16-17,19-20,22-23,25-26,28-29,31-32,34-35,39,59H,6-7,9,11-13,15,18,21,24,27,30,33,36-38,40-58H2,1-5H3/b10-8-,16-14-,19-17-,22-20-,26-25-,29-28-,32-31-,35-34-,39-23-. The van der Waals surface area contributed by atoms with Gasteiger partial charge in [0.25, 0.3) is 7.82 Å². The molecule has 2 atom stereocenters. The number of carbonyl (C=O) groups is 2. The summed E-state index contributed by atoms with van der Waals surface area (Å²) in [4.78, 5) is 37.8. The highest BCUT2D eigenvalue weighted by molar-refractivity contribution is 7.45. The number of nitrogens with zero attached hydrogens (tertiary/aromatic N) is 1. The molecule has 0 saturated heterocycles. The van der Waals surface area contributed by atoms with Crippen LogP contribution < -0.4 is 4.89 Å². The van der Waals surface area contributed by atoms with Gasteiger partial charge in [0.05, 0.1) is 27.7 Å². The summed E-state index contributed by atoms with van der Waals surface area (Å²) < 4.78 is 34.1. The SMILES string of the molecule is CC/C=C\C/C=C\C/C=C\C/C=C\C/C=C\C/C=C\C/C=C\CCCCCCCCCCCC(=O)OC(COC(=O)CCCCCCC/C=C\C/C=C\CCCCCC)COP(=O)([O-])OCC[N+](C)(C)C. The number of ether oxygens (including phenoxy) is 2. The highest BCUT2D eigenvalue weighted by Gasteiger charge is 2.21. The number of hydrogen-bond donors (Lipinski definition) is 0. The van der Waals surface area contributed by atoms with Crippen LogP contribution in [0.5, 0.6) is 0 Å². The van der Waals surface area contributed by atoms with Gasteiger partial charge < -0.3 is 27.9 Å². The molecule has 0 saturated carbocycles. The molecule has 0 aromatic heterocycles. The molecule has 0 N–H and O–H groups in total. The fourth-order valence-electron chi connectivity index (χ4n) is 7.19. The second kappa shape index (κ2) is 51.6. The van der Waals surface area contributed by atoms with Crippen molar-refractivity contribution in [3.63, 3.8) is 0 Å². The van der Waals surface area contributed by atoms with Crippen molar-refractivity contribution in [3.05, 3.63) is 109 Å². The van der Waals surface area contributed by atoms with Gasteiger partial charge >= 0.3 is 11.9 Å². The van der Waals surface area contributed by atoms with Gasteiger partial charge in [-0.15, -0.1) is 0 Å². The molecule has 0 radical (unpaired) electrons. The van der Waals surface area contributed by atoms with Gasteiger partial charge in [-0.2, -0.15) is 0 Å². The van der Waals surface area contributed by atoms with E-state index in [1.54, 1.807) is 0 Å². The zero-order valence-electron chi connectivity index (χ0n) is 45.9. The van der Waals surface area contributed by atoms with E-state index >= 15 is 0 Å². The van der Waals surface area contributed by atoms with Crippen molar-refractivity contribution in [1.29, 1.82) is 0 Å². The summed E-state index contributed by atoms with van der Waals surface area (Å²) in [6.45, 7) is 4.07. The Morgan fingerprint density at radius 2 is 0.803 bits per heavy atom. The van der Waals surface area contributed by atoms with E-state index in [1.165, 1.54) is 64.2 Å². The first-order chi connectivity index (χ1) is 34.5. The normalized spacial score (nSPS) is 14.2. The molecule has 0 rings (SSSR count). The third kappa shape index (κ3) is 55.8. The molecule has 0 aliphatic carbocycles. The van der Waals surface area contributed by atoms with Gasteiger partial charge in [-0.1, -0.05) is 207 Å². The molecule has 0 aliphatic heterocycles. The molecule has 0 heterocycles. The number of allylic oxidation sites excluding steroid dienone is 18. The van der Waals surface area contributed by atoms with Gasteiger partial charge in [-0.25, -0.2) is 0 Å². The van der Waals surface area contributed by atoms with Gasteiger partial charge in [0.1, 0.15) is 19.8 Å². The van der Waals surface area contributed by atoms with E-state index in [4.69, 9.17) is 18.5 Å². The maximum absolute atomic E-state index is 12.8. The smallest absolute Gasteiger partial charge is 0.306 e. The average Bonchev–Trinajstić information content (AvgIpc) is 3.33. The lowest BCUT2D eigenvalue weighted by Crippen LogP contribution is -2.37. The molecule has 0 amide bonds. The largest absolute Gasteiger partial charge is 0.756 e. The van der Waals surface area contributed by atoms with Crippen molar-refractivity contribution < 1.29 is 42.1 Å².